The zero-order valence-electron chi connectivity index (χ0n) is 15.4. The Kier molecular flexibility index (Phi) is 5.68. The third-order valence-corrected chi connectivity index (χ3v) is 6.44. The Morgan fingerprint density at radius 2 is 1.96 bits per heavy atom. The van der Waals surface area contributed by atoms with Crippen molar-refractivity contribution in [1.82, 2.24) is 15.0 Å². The molecular weight excluding hydrogens is 374 g/mol. The van der Waals surface area contributed by atoms with Crippen LogP contribution in [0.3, 0.4) is 0 Å². The van der Waals surface area contributed by atoms with Crippen LogP contribution in [0.1, 0.15) is 12.0 Å². The highest BCUT2D eigenvalue weighted by Gasteiger charge is 2.26. The van der Waals surface area contributed by atoms with Gasteiger partial charge < -0.3 is 10.1 Å². The fourth-order valence-corrected chi connectivity index (χ4v) is 4.78. The molecule has 28 heavy (non-hydrogen) atoms. The topological polar surface area (TPSA) is 80.3 Å². The van der Waals surface area contributed by atoms with E-state index in [1.165, 1.54) is 0 Å². The summed E-state index contributed by atoms with van der Waals surface area (Å²) in [7, 11) is -3.61. The molecule has 2 atom stereocenters. The first-order valence-corrected chi connectivity index (χ1v) is 10.8. The molecule has 0 radical (unpaired) electrons. The largest absolute Gasteiger partial charge is 0.372 e. The molecule has 0 amide bonds. The first kappa shape index (κ1) is 19.0. The van der Waals surface area contributed by atoms with Gasteiger partial charge in [-0.05, 0) is 24.1 Å². The minimum Gasteiger partial charge on any atom is -0.372 e. The van der Waals surface area contributed by atoms with Gasteiger partial charge in [0, 0.05) is 42.3 Å². The van der Waals surface area contributed by atoms with Crippen molar-refractivity contribution < 1.29 is 13.2 Å². The van der Waals surface area contributed by atoms with Crippen LogP contribution >= 0.6 is 0 Å². The van der Waals surface area contributed by atoms with Crippen molar-refractivity contribution in [1.29, 1.82) is 0 Å². The molecule has 2 N–H and O–H groups in total. The smallest absolute Gasteiger partial charge is 0.241 e. The van der Waals surface area contributed by atoms with E-state index in [1.54, 1.807) is 30.6 Å². The molecule has 1 saturated heterocycles. The lowest BCUT2D eigenvalue weighted by atomic mass is 10.2. The molecule has 1 aliphatic heterocycles. The molecule has 2 heterocycles. The summed E-state index contributed by atoms with van der Waals surface area (Å²) in [4.78, 5) is 4.33. The van der Waals surface area contributed by atoms with Crippen molar-refractivity contribution in [3.63, 3.8) is 0 Å². The fourth-order valence-electron chi connectivity index (χ4n) is 3.47. The molecule has 1 aromatic heterocycles. The van der Waals surface area contributed by atoms with Crippen LogP contribution in [0.25, 0.3) is 10.8 Å². The second-order valence-corrected chi connectivity index (χ2v) is 8.70. The number of aromatic nitrogens is 1. The second kappa shape index (κ2) is 8.36. The molecule has 3 aromatic rings. The highest BCUT2D eigenvalue weighted by atomic mass is 32.2. The van der Waals surface area contributed by atoms with Crippen LogP contribution in [0.15, 0.2) is 71.9 Å². The number of fused-ring (bicyclic) bond motifs is 1. The predicted octanol–water partition coefficient (Wildman–Crippen LogP) is 2.46. The Morgan fingerprint density at radius 3 is 2.82 bits per heavy atom. The minimum absolute atomic E-state index is 0.0483. The molecular formula is C21H23N3O3S. The first-order valence-electron chi connectivity index (χ1n) is 9.33. The maximum Gasteiger partial charge on any atom is 0.241 e. The van der Waals surface area contributed by atoms with Crippen LogP contribution in [-0.4, -0.2) is 38.6 Å². The van der Waals surface area contributed by atoms with E-state index < -0.39 is 10.0 Å². The summed E-state index contributed by atoms with van der Waals surface area (Å²) in [5.74, 6) is 0. The Hall–Kier alpha value is -2.32. The van der Waals surface area contributed by atoms with E-state index in [-0.39, 0.29) is 17.0 Å². The second-order valence-electron chi connectivity index (χ2n) is 6.96. The van der Waals surface area contributed by atoms with E-state index in [0.717, 1.165) is 23.9 Å². The highest BCUT2D eigenvalue weighted by molar-refractivity contribution is 7.89. The molecule has 0 spiro atoms. The van der Waals surface area contributed by atoms with E-state index in [4.69, 9.17) is 4.74 Å². The van der Waals surface area contributed by atoms with Gasteiger partial charge in [-0.15, -0.1) is 0 Å². The maximum absolute atomic E-state index is 12.8. The van der Waals surface area contributed by atoms with Gasteiger partial charge in [0.15, 0.2) is 0 Å². The normalized spacial score (nSPS) is 19.9. The summed E-state index contributed by atoms with van der Waals surface area (Å²) >= 11 is 0. The van der Waals surface area contributed by atoms with Gasteiger partial charge in [0.2, 0.25) is 10.0 Å². The minimum atomic E-state index is -3.61. The zero-order valence-corrected chi connectivity index (χ0v) is 16.2. The van der Waals surface area contributed by atoms with E-state index >= 15 is 0 Å². The quantitative estimate of drug-likeness (QED) is 0.640. The number of ether oxygens (including phenoxy) is 1. The Bertz CT molecular complexity index is 1040. The summed E-state index contributed by atoms with van der Waals surface area (Å²) < 4.78 is 34.3. The average Bonchev–Trinajstić information content (AvgIpc) is 3.19. The van der Waals surface area contributed by atoms with Crippen LogP contribution < -0.4 is 10.0 Å². The molecule has 1 aliphatic rings. The van der Waals surface area contributed by atoms with Crippen molar-refractivity contribution in [3.05, 3.63) is 72.6 Å². The molecule has 0 saturated carbocycles. The van der Waals surface area contributed by atoms with E-state index in [0.29, 0.717) is 18.5 Å². The van der Waals surface area contributed by atoms with Crippen molar-refractivity contribution in [2.24, 2.45) is 0 Å². The first-order chi connectivity index (χ1) is 13.6. The van der Waals surface area contributed by atoms with E-state index in [1.807, 2.05) is 36.4 Å². The molecule has 0 unspecified atom stereocenters. The van der Waals surface area contributed by atoms with Gasteiger partial charge in [0.25, 0.3) is 0 Å². The number of sulfonamides is 1. The fraction of sp³-hybridized carbons (Fsp3) is 0.286. The molecule has 4 rings (SSSR count). The van der Waals surface area contributed by atoms with Crippen molar-refractivity contribution in [2.45, 2.75) is 30.1 Å². The van der Waals surface area contributed by atoms with Gasteiger partial charge in [-0.2, -0.15) is 0 Å². The lowest BCUT2D eigenvalue weighted by Crippen LogP contribution is -2.37. The van der Waals surface area contributed by atoms with E-state index in [2.05, 4.69) is 15.0 Å². The summed E-state index contributed by atoms with van der Waals surface area (Å²) in [6, 6.07) is 17.0. The molecule has 146 valence electrons. The van der Waals surface area contributed by atoms with Gasteiger partial charge in [-0.25, -0.2) is 13.1 Å². The highest BCUT2D eigenvalue weighted by Crippen LogP contribution is 2.22. The summed E-state index contributed by atoms with van der Waals surface area (Å²) in [6.07, 6.45) is 4.13. The third-order valence-electron chi connectivity index (χ3n) is 4.96. The lowest BCUT2D eigenvalue weighted by molar-refractivity contribution is 0.0526. The molecule has 1 fully saturated rings. The standard InChI is InChI=1S/C21H23N3O3S/c25-28(26,21-8-4-7-17-12-22-10-9-20(17)21)24-13-18-11-19(14-23-18)27-15-16-5-2-1-3-6-16/h1-10,12,18-19,23-24H,11,13-15H2/t18-,19-/m0/s1. The number of benzene rings is 2. The molecule has 6 nitrogen and oxygen atoms in total. The van der Waals surface area contributed by atoms with Gasteiger partial charge in [0.05, 0.1) is 17.6 Å². The Morgan fingerprint density at radius 1 is 1.11 bits per heavy atom. The van der Waals surface area contributed by atoms with Crippen molar-refractivity contribution in [2.75, 3.05) is 13.1 Å². The molecule has 0 bridgehead atoms. The van der Waals surface area contributed by atoms with Crippen LogP contribution in [0.4, 0.5) is 0 Å². The van der Waals surface area contributed by atoms with Gasteiger partial charge in [-0.3, -0.25) is 4.98 Å². The number of pyridine rings is 1. The van der Waals surface area contributed by atoms with Gasteiger partial charge in [-0.1, -0.05) is 42.5 Å². The van der Waals surface area contributed by atoms with E-state index in [9.17, 15) is 8.42 Å². The summed E-state index contributed by atoms with van der Waals surface area (Å²) in [5.41, 5.74) is 1.14. The number of rotatable bonds is 7. The van der Waals surface area contributed by atoms with Crippen molar-refractivity contribution >= 4 is 20.8 Å². The predicted molar refractivity (Wildman–Crippen MR) is 108 cm³/mol. The lowest BCUT2D eigenvalue weighted by Gasteiger charge is -2.14. The van der Waals surface area contributed by atoms with Gasteiger partial charge in [0.1, 0.15) is 0 Å². The maximum atomic E-state index is 12.8. The van der Waals surface area contributed by atoms with Gasteiger partial charge >= 0.3 is 0 Å². The monoisotopic (exact) mass is 397 g/mol. The number of nitrogens with one attached hydrogen (secondary N) is 2. The number of hydrogen-bond donors (Lipinski definition) is 2. The molecule has 2 aromatic carbocycles. The Balaban J connectivity index is 1.34. The summed E-state index contributed by atoms with van der Waals surface area (Å²) in [6.45, 7) is 1.61. The van der Waals surface area contributed by atoms with Crippen LogP contribution in [0.2, 0.25) is 0 Å². The van der Waals surface area contributed by atoms with Crippen molar-refractivity contribution in [3.8, 4) is 0 Å². The van der Waals surface area contributed by atoms with Crippen LogP contribution in [0, 0.1) is 0 Å². The SMILES string of the molecule is O=S(=O)(NC[C@@H]1C[C@H](OCc2ccccc2)CN1)c1cccc2cnccc12. The molecule has 0 aliphatic carbocycles. The van der Waals surface area contributed by atoms with Crippen LogP contribution in [-0.2, 0) is 21.4 Å². The summed E-state index contributed by atoms with van der Waals surface area (Å²) in [5, 5.41) is 4.82. The number of hydrogen-bond acceptors (Lipinski definition) is 5. The third kappa shape index (κ3) is 4.39. The van der Waals surface area contributed by atoms with Crippen LogP contribution in [0.5, 0.6) is 0 Å². The Labute approximate surface area is 165 Å². The average molecular weight is 398 g/mol. The molecule has 7 heteroatoms. The zero-order chi connectivity index (χ0) is 19.4. The number of nitrogens with zero attached hydrogens (tertiary/aromatic N) is 1.